The average molecular weight is 599 g/mol. The summed E-state index contributed by atoms with van der Waals surface area (Å²) in [6, 6.07) is 59.4. The van der Waals surface area contributed by atoms with E-state index < -0.39 is 0 Å². The standard InChI is InChI=1S/C45H26S/c1-2-13-31-27(10-1)22-24-34-32-14-3-5-18-37(32)45(44(31)34)38-19-6-4-15-33(38)36-26-29(23-25-39(36)45)30-16-9-21-41-43(30)35-17-7-11-28-12-8-20-40(46-41)42(28)35/h1-26H. The Bertz CT molecular complexity index is 2620. The fourth-order valence-corrected chi connectivity index (χ4v) is 10.1. The summed E-state index contributed by atoms with van der Waals surface area (Å²) in [6.45, 7) is 0. The second kappa shape index (κ2) is 8.88. The van der Waals surface area contributed by atoms with Crippen LogP contribution in [0.25, 0.3) is 66.1 Å². The molecule has 1 heteroatoms. The van der Waals surface area contributed by atoms with E-state index >= 15 is 0 Å². The molecule has 0 amide bonds. The van der Waals surface area contributed by atoms with Crippen LogP contribution >= 0.6 is 11.8 Å². The van der Waals surface area contributed by atoms with Crippen molar-refractivity contribution in [3.8, 4) is 44.5 Å². The highest BCUT2D eigenvalue weighted by molar-refractivity contribution is 7.99. The zero-order chi connectivity index (χ0) is 30.0. The van der Waals surface area contributed by atoms with Gasteiger partial charge in [-0.25, -0.2) is 0 Å². The maximum atomic E-state index is 2.48. The van der Waals surface area contributed by atoms with Gasteiger partial charge in [-0.15, -0.1) is 0 Å². The zero-order valence-corrected chi connectivity index (χ0v) is 25.7. The SMILES string of the molecule is c1ccc2c(c1)-c1cc(-c3cccc4c3-c3cccc5cccc(c35)S4)ccc1C21c2ccccc2-c2ccc3ccccc3c21. The van der Waals surface area contributed by atoms with Gasteiger partial charge in [-0.2, -0.15) is 0 Å². The lowest BCUT2D eigenvalue weighted by Crippen LogP contribution is -2.26. The summed E-state index contributed by atoms with van der Waals surface area (Å²) in [5.41, 5.74) is 15.8. The minimum Gasteiger partial charge on any atom is -0.0888 e. The normalized spacial score (nSPS) is 16.3. The van der Waals surface area contributed by atoms with Gasteiger partial charge in [-0.3, -0.25) is 0 Å². The van der Waals surface area contributed by atoms with Gasteiger partial charge in [0.25, 0.3) is 0 Å². The first-order valence-corrected chi connectivity index (χ1v) is 16.8. The summed E-state index contributed by atoms with van der Waals surface area (Å²) >= 11 is 1.90. The molecule has 0 radical (unpaired) electrons. The highest BCUT2D eigenvalue weighted by Gasteiger charge is 2.52. The molecule has 1 unspecified atom stereocenters. The molecule has 0 fully saturated rings. The van der Waals surface area contributed by atoms with Crippen molar-refractivity contribution in [1.82, 2.24) is 0 Å². The average Bonchev–Trinajstić information content (AvgIpc) is 3.59. The van der Waals surface area contributed by atoms with Crippen LogP contribution in [0.5, 0.6) is 0 Å². The summed E-state index contributed by atoms with van der Waals surface area (Å²) in [4.78, 5) is 2.67. The van der Waals surface area contributed by atoms with E-state index in [1.807, 2.05) is 11.8 Å². The smallest absolute Gasteiger partial charge is 0.0731 e. The van der Waals surface area contributed by atoms with Gasteiger partial charge < -0.3 is 0 Å². The predicted molar refractivity (Wildman–Crippen MR) is 193 cm³/mol. The van der Waals surface area contributed by atoms with Crippen molar-refractivity contribution in [2.45, 2.75) is 15.2 Å². The van der Waals surface area contributed by atoms with Gasteiger partial charge in [-0.05, 0) is 95.6 Å². The van der Waals surface area contributed by atoms with E-state index in [1.165, 1.54) is 98.1 Å². The number of fused-ring (bicyclic) bond motifs is 14. The van der Waals surface area contributed by atoms with Crippen LogP contribution in [0.4, 0.5) is 0 Å². The second-order valence-electron chi connectivity index (χ2n) is 12.8. The maximum Gasteiger partial charge on any atom is 0.0731 e. The van der Waals surface area contributed by atoms with E-state index in [1.54, 1.807) is 0 Å². The van der Waals surface area contributed by atoms with Gasteiger partial charge in [0.2, 0.25) is 0 Å². The topological polar surface area (TPSA) is 0 Å². The van der Waals surface area contributed by atoms with Gasteiger partial charge in [-0.1, -0.05) is 151 Å². The lowest BCUT2D eigenvalue weighted by Gasteiger charge is -2.31. The van der Waals surface area contributed by atoms with Gasteiger partial charge in [0.05, 0.1) is 5.41 Å². The molecule has 2 aliphatic carbocycles. The third-order valence-electron chi connectivity index (χ3n) is 10.7. The van der Waals surface area contributed by atoms with Crippen LogP contribution in [-0.4, -0.2) is 0 Å². The van der Waals surface area contributed by atoms with Crippen molar-refractivity contribution in [3.63, 3.8) is 0 Å². The van der Waals surface area contributed by atoms with Gasteiger partial charge in [0, 0.05) is 20.7 Å². The number of rotatable bonds is 1. The van der Waals surface area contributed by atoms with Gasteiger partial charge in [0.15, 0.2) is 0 Å². The largest absolute Gasteiger partial charge is 0.0888 e. The van der Waals surface area contributed by atoms with E-state index in [0.29, 0.717) is 0 Å². The van der Waals surface area contributed by atoms with Crippen molar-refractivity contribution >= 4 is 33.3 Å². The first-order chi connectivity index (χ1) is 22.8. The molecule has 8 aromatic rings. The van der Waals surface area contributed by atoms with Crippen molar-refractivity contribution in [3.05, 3.63) is 180 Å². The number of benzene rings is 8. The van der Waals surface area contributed by atoms with E-state index in [9.17, 15) is 0 Å². The maximum absolute atomic E-state index is 2.48. The Morgan fingerprint density at radius 3 is 1.89 bits per heavy atom. The third kappa shape index (κ3) is 2.97. The molecule has 212 valence electrons. The fourth-order valence-electron chi connectivity index (χ4n) is 8.94. The minimum absolute atomic E-state index is 0.367. The van der Waals surface area contributed by atoms with Crippen molar-refractivity contribution in [2.75, 3.05) is 0 Å². The van der Waals surface area contributed by atoms with Crippen molar-refractivity contribution in [2.24, 2.45) is 0 Å². The molecule has 1 spiro atoms. The lowest BCUT2D eigenvalue weighted by molar-refractivity contribution is 0.801. The molecule has 8 aromatic carbocycles. The Hall–Kier alpha value is -5.37. The zero-order valence-electron chi connectivity index (χ0n) is 24.9. The summed E-state index contributed by atoms with van der Waals surface area (Å²) < 4.78 is 0. The van der Waals surface area contributed by atoms with E-state index in [4.69, 9.17) is 0 Å². The Labute approximate surface area is 272 Å². The van der Waals surface area contributed by atoms with Crippen LogP contribution in [0.2, 0.25) is 0 Å². The molecule has 0 saturated heterocycles. The minimum atomic E-state index is -0.367. The molecule has 46 heavy (non-hydrogen) atoms. The Morgan fingerprint density at radius 2 is 1.02 bits per heavy atom. The highest BCUT2D eigenvalue weighted by Crippen LogP contribution is 2.64. The fraction of sp³-hybridized carbons (Fsp3) is 0.0222. The van der Waals surface area contributed by atoms with Gasteiger partial charge in [0.1, 0.15) is 0 Å². The van der Waals surface area contributed by atoms with Crippen LogP contribution < -0.4 is 0 Å². The van der Waals surface area contributed by atoms with Gasteiger partial charge >= 0.3 is 0 Å². The molecule has 0 nitrogen and oxygen atoms in total. The quantitative estimate of drug-likeness (QED) is 0.181. The number of hydrogen-bond donors (Lipinski definition) is 0. The first kappa shape index (κ1) is 24.9. The summed E-state index contributed by atoms with van der Waals surface area (Å²) in [5, 5.41) is 5.30. The number of hydrogen-bond acceptors (Lipinski definition) is 1. The molecule has 0 saturated carbocycles. The Morgan fingerprint density at radius 1 is 0.391 bits per heavy atom. The van der Waals surface area contributed by atoms with Crippen LogP contribution in [0.15, 0.2) is 168 Å². The molecule has 1 aliphatic heterocycles. The second-order valence-corrected chi connectivity index (χ2v) is 13.8. The summed E-state index contributed by atoms with van der Waals surface area (Å²) in [5.74, 6) is 0. The van der Waals surface area contributed by atoms with Crippen molar-refractivity contribution in [1.29, 1.82) is 0 Å². The summed E-state index contributed by atoms with van der Waals surface area (Å²) in [7, 11) is 0. The van der Waals surface area contributed by atoms with Crippen molar-refractivity contribution < 1.29 is 0 Å². The molecule has 11 rings (SSSR count). The summed E-state index contributed by atoms with van der Waals surface area (Å²) in [6.07, 6.45) is 0. The third-order valence-corrected chi connectivity index (χ3v) is 11.8. The molecule has 3 aliphatic rings. The van der Waals surface area contributed by atoms with E-state index in [-0.39, 0.29) is 5.41 Å². The lowest BCUT2D eigenvalue weighted by atomic mass is 9.69. The first-order valence-electron chi connectivity index (χ1n) is 16.0. The predicted octanol–water partition coefficient (Wildman–Crippen LogP) is 12.1. The Kier molecular flexibility index (Phi) is 4.80. The molecule has 1 heterocycles. The molecular formula is C45H26S. The highest BCUT2D eigenvalue weighted by atomic mass is 32.2. The van der Waals surface area contributed by atoms with Crippen LogP contribution in [0.1, 0.15) is 22.3 Å². The molecule has 0 N–H and O–H groups in total. The molecule has 0 aromatic heterocycles. The van der Waals surface area contributed by atoms with E-state index in [2.05, 4.69) is 158 Å². The van der Waals surface area contributed by atoms with Crippen LogP contribution in [0, 0.1) is 0 Å². The monoisotopic (exact) mass is 598 g/mol. The molecule has 1 atom stereocenters. The molecule has 0 bridgehead atoms. The molecular weight excluding hydrogens is 573 g/mol. The van der Waals surface area contributed by atoms with Crippen LogP contribution in [-0.2, 0) is 5.41 Å². The van der Waals surface area contributed by atoms with Crippen LogP contribution in [0.3, 0.4) is 0 Å². The Balaban J connectivity index is 1.22. The van der Waals surface area contributed by atoms with E-state index in [0.717, 1.165) is 0 Å².